The van der Waals surface area contributed by atoms with Crippen LogP contribution in [-0.4, -0.2) is 55.0 Å². The third-order valence-corrected chi connectivity index (χ3v) is 6.24. The van der Waals surface area contributed by atoms with Gasteiger partial charge in [0, 0.05) is 23.8 Å². The Labute approximate surface area is 207 Å². The van der Waals surface area contributed by atoms with Crippen LogP contribution in [0.4, 0.5) is 11.4 Å². The Morgan fingerprint density at radius 1 is 1.12 bits per heavy atom. The highest BCUT2D eigenvalue weighted by atomic mass is 35.5. The first-order valence-corrected chi connectivity index (χ1v) is 11.8. The topological polar surface area (TPSA) is 88.2 Å². The third kappa shape index (κ3) is 5.56. The Balaban J connectivity index is 1.45. The Kier molecular flexibility index (Phi) is 7.48. The van der Waals surface area contributed by atoms with Crippen LogP contribution in [0.1, 0.15) is 26.2 Å². The zero-order chi connectivity index (χ0) is 24.2. The van der Waals surface area contributed by atoms with Crippen molar-refractivity contribution in [3.63, 3.8) is 0 Å². The number of benzene rings is 2. The molecular weight excluding hydrogens is 481 g/mol. The SMILES string of the molecule is CC1Oc2ccc(NC(=O)COc3ccc(Cl)cc3Cl)cc2N(CC(=O)N2CCCCC2)C1=O. The number of fused-ring (bicyclic) bond motifs is 1. The van der Waals surface area contributed by atoms with Gasteiger partial charge in [-0.1, -0.05) is 23.2 Å². The number of hydrogen-bond acceptors (Lipinski definition) is 5. The van der Waals surface area contributed by atoms with E-state index in [1.165, 1.54) is 11.0 Å². The highest BCUT2D eigenvalue weighted by Crippen LogP contribution is 2.36. The predicted octanol–water partition coefficient (Wildman–Crippen LogP) is 4.14. The number of amides is 3. The Hall–Kier alpha value is -2.97. The fraction of sp³-hybridized carbons (Fsp3) is 0.375. The molecule has 0 radical (unpaired) electrons. The van der Waals surface area contributed by atoms with Gasteiger partial charge in [-0.05, 0) is 62.6 Å². The molecule has 1 saturated heterocycles. The smallest absolute Gasteiger partial charge is 0.268 e. The molecule has 1 unspecified atom stereocenters. The number of carbonyl (C=O) groups excluding carboxylic acids is 3. The quantitative estimate of drug-likeness (QED) is 0.637. The van der Waals surface area contributed by atoms with Crippen molar-refractivity contribution >= 4 is 52.3 Å². The standard InChI is InChI=1S/C24H25Cl2N3O5/c1-15-24(32)29(13-23(31)28-9-3-2-4-10-28)19-12-17(6-8-21(19)34-15)27-22(30)14-33-20-7-5-16(25)11-18(20)26/h5-8,11-12,15H,2-4,9-10,13-14H2,1H3,(H,27,30). The van der Waals surface area contributed by atoms with E-state index in [0.717, 1.165) is 19.3 Å². The number of nitrogens with one attached hydrogen (secondary N) is 1. The molecule has 34 heavy (non-hydrogen) atoms. The molecule has 1 atom stereocenters. The van der Waals surface area contributed by atoms with Crippen molar-refractivity contribution in [1.29, 1.82) is 0 Å². The van der Waals surface area contributed by atoms with Crippen molar-refractivity contribution in [3.8, 4) is 11.5 Å². The minimum atomic E-state index is -0.709. The van der Waals surface area contributed by atoms with Crippen molar-refractivity contribution in [1.82, 2.24) is 4.90 Å². The van der Waals surface area contributed by atoms with Gasteiger partial charge in [-0.15, -0.1) is 0 Å². The summed E-state index contributed by atoms with van der Waals surface area (Å²) in [6.07, 6.45) is 2.33. The fourth-order valence-electron chi connectivity index (χ4n) is 3.96. The lowest BCUT2D eigenvalue weighted by Gasteiger charge is -2.35. The van der Waals surface area contributed by atoms with E-state index < -0.39 is 12.0 Å². The molecule has 2 aromatic rings. The van der Waals surface area contributed by atoms with Crippen LogP contribution in [0.3, 0.4) is 0 Å². The van der Waals surface area contributed by atoms with E-state index in [9.17, 15) is 14.4 Å². The molecule has 8 nitrogen and oxygen atoms in total. The number of halogens is 2. The highest BCUT2D eigenvalue weighted by molar-refractivity contribution is 6.35. The summed E-state index contributed by atoms with van der Waals surface area (Å²) < 4.78 is 11.2. The first-order chi connectivity index (χ1) is 16.3. The van der Waals surface area contributed by atoms with E-state index in [1.54, 1.807) is 42.2 Å². The number of likely N-dealkylation sites (tertiary alicyclic amines) is 1. The maximum atomic E-state index is 12.9. The van der Waals surface area contributed by atoms with Gasteiger partial charge >= 0.3 is 0 Å². The van der Waals surface area contributed by atoms with E-state index in [4.69, 9.17) is 32.7 Å². The number of nitrogens with zero attached hydrogens (tertiary/aromatic N) is 2. The summed E-state index contributed by atoms with van der Waals surface area (Å²) in [7, 11) is 0. The van der Waals surface area contributed by atoms with Crippen LogP contribution in [0.15, 0.2) is 36.4 Å². The Morgan fingerprint density at radius 2 is 1.88 bits per heavy atom. The van der Waals surface area contributed by atoms with Crippen molar-refractivity contribution in [2.24, 2.45) is 0 Å². The molecule has 0 aliphatic carbocycles. The van der Waals surface area contributed by atoms with Gasteiger partial charge in [-0.3, -0.25) is 19.3 Å². The van der Waals surface area contributed by atoms with Crippen LogP contribution in [0, 0.1) is 0 Å². The van der Waals surface area contributed by atoms with Crippen LogP contribution < -0.4 is 19.7 Å². The first-order valence-electron chi connectivity index (χ1n) is 11.1. The molecule has 2 aliphatic heterocycles. The summed E-state index contributed by atoms with van der Waals surface area (Å²) in [6.45, 7) is 2.71. The van der Waals surface area contributed by atoms with E-state index >= 15 is 0 Å². The molecule has 2 aliphatic rings. The maximum Gasteiger partial charge on any atom is 0.268 e. The second-order valence-electron chi connectivity index (χ2n) is 8.22. The van der Waals surface area contributed by atoms with Crippen molar-refractivity contribution in [3.05, 3.63) is 46.4 Å². The van der Waals surface area contributed by atoms with Gasteiger partial charge in [-0.25, -0.2) is 0 Å². The van der Waals surface area contributed by atoms with E-state index in [1.807, 2.05) is 0 Å². The molecule has 0 saturated carbocycles. The molecular formula is C24H25Cl2N3O5. The van der Waals surface area contributed by atoms with E-state index in [2.05, 4.69) is 5.32 Å². The first kappa shape index (κ1) is 24.2. The zero-order valence-corrected chi connectivity index (χ0v) is 20.2. The number of anilines is 2. The number of piperidine rings is 1. The average molecular weight is 506 g/mol. The molecule has 180 valence electrons. The van der Waals surface area contributed by atoms with Gasteiger partial charge in [0.15, 0.2) is 12.7 Å². The number of rotatable bonds is 6. The highest BCUT2D eigenvalue weighted by Gasteiger charge is 2.34. The van der Waals surface area contributed by atoms with Crippen LogP contribution in [-0.2, 0) is 14.4 Å². The molecule has 3 amide bonds. The molecule has 0 aromatic heterocycles. The molecule has 1 fully saturated rings. The van der Waals surface area contributed by atoms with Gasteiger partial charge in [0.2, 0.25) is 5.91 Å². The van der Waals surface area contributed by atoms with E-state index in [-0.39, 0.29) is 25.0 Å². The largest absolute Gasteiger partial charge is 0.482 e. The lowest BCUT2D eigenvalue weighted by atomic mass is 10.1. The van der Waals surface area contributed by atoms with Crippen LogP contribution in [0.2, 0.25) is 10.0 Å². The Morgan fingerprint density at radius 3 is 2.62 bits per heavy atom. The Bertz CT molecular complexity index is 1100. The van der Waals surface area contributed by atoms with Crippen LogP contribution in [0.25, 0.3) is 0 Å². The summed E-state index contributed by atoms with van der Waals surface area (Å²) >= 11 is 11.9. The minimum Gasteiger partial charge on any atom is -0.482 e. The van der Waals surface area contributed by atoms with Gasteiger partial charge in [0.1, 0.15) is 18.0 Å². The minimum absolute atomic E-state index is 0.0743. The maximum absolute atomic E-state index is 12.9. The van der Waals surface area contributed by atoms with Crippen LogP contribution in [0.5, 0.6) is 11.5 Å². The number of hydrogen-bond donors (Lipinski definition) is 1. The lowest BCUT2D eigenvalue weighted by Crippen LogP contribution is -2.50. The molecule has 1 N–H and O–H groups in total. The second-order valence-corrected chi connectivity index (χ2v) is 9.06. The summed E-state index contributed by atoms with van der Waals surface area (Å²) in [6, 6.07) is 9.68. The van der Waals surface area contributed by atoms with Crippen LogP contribution >= 0.6 is 23.2 Å². The summed E-state index contributed by atoms with van der Waals surface area (Å²) in [5.41, 5.74) is 0.879. The van der Waals surface area contributed by atoms with Gasteiger partial charge in [0.25, 0.3) is 11.8 Å². The predicted molar refractivity (Wildman–Crippen MR) is 130 cm³/mol. The van der Waals surface area contributed by atoms with Gasteiger partial charge in [-0.2, -0.15) is 0 Å². The molecule has 0 spiro atoms. The van der Waals surface area contributed by atoms with Crippen molar-refractivity contribution in [2.75, 3.05) is 36.5 Å². The van der Waals surface area contributed by atoms with E-state index in [0.29, 0.717) is 46.0 Å². The molecule has 2 aromatic carbocycles. The summed E-state index contributed by atoms with van der Waals surface area (Å²) in [5.74, 6) is -0.0149. The van der Waals surface area contributed by atoms with Crippen molar-refractivity contribution < 1.29 is 23.9 Å². The summed E-state index contributed by atoms with van der Waals surface area (Å²) in [4.78, 5) is 41.4. The van der Waals surface area contributed by atoms with Gasteiger partial charge < -0.3 is 19.7 Å². The monoisotopic (exact) mass is 505 g/mol. The third-order valence-electron chi connectivity index (χ3n) is 5.71. The normalized spacial score (nSPS) is 17.6. The lowest BCUT2D eigenvalue weighted by molar-refractivity contribution is -0.133. The van der Waals surface area contributed by atoms with Crippen molar-refractivity contribution in [2.45, 2.75) is 32.3 Å². The average Bonchev–Trinajstić information content (AvgIpc) is 2.82. The molecule has 0 bridgehead atoms. The molecule has 2 heterocycles. The molecule has 4 rings (SSSR count). The zero-order valence-electron chi connectivity index (χ0n) is 18.7. The number of ether oxygens (including phenoxy) is 2. The number of carbonyl (C=O) groups is 3. The second kappa shape index (κ2) is 10.5. The fourth-order valence-corrected chi connectivity index (χ4v) is 4.42. The van der Waals surface area contributed by atoms with Gasteiger partial charge in [0.05, 0.1) is 10.7 Å². The summed E-state index contributed by atoms with van der Waals surface area (Å²) in [5, 5.41) is 3.50. The molecule has 10 heteroatoms.